The summed E-state index contributed by atoms with van der Waals surface area (Å²) in [5, 5.41) is 59.8. The van der Waals surface area contributed by atoms with Crippen LogP contribution in [0.25, 0.3) is 0 Å². The average Bonchev–Trinajstić information content (AvgIpc) is 0.847. The van der Waals surface area contributed by atoms with Crippen LogP contribution in [-0.2, 0) is 61.7 Å². The van der Waals surface area contributed by atoms with Gasteiger partial charge in [-0.2, -0.15) is 0 Å². The lowest BCUT2D eigenvalue weighted by molar-refractivity contribution is -0.0777. The first kappa shape index (κ1) is 115. The van der Waals surface area contributed by atoms with Gasteiger partial charge in [0, 0.05) is 52.8 Å². The molecule has 0 radical (unpaired) electrons. The summed E-state index contributed by atoms with van der Waals surface area (Å²) in [6.07, 6.45) is 10.9. The fourth-order valence-electron chi connectivity index (χ4n) is 14.0. The quantitative estimate of drug-likeness (QED) is 0.0245. The summed E-state index contributed by atoms with van der Waals surface area (Å²) in [5.41, 5.74) is -2.25. The summed E-state index contributed by atoms with van der Waals surface area (Å²) in [7, 11) is -22.8. The minimum atomic E-state index is -2.66. The summed E-state index contributed by atoms with van der Waals surface area (Å²) >= 11 is 0. The third kappa shape index (κ3) is 60.2. The molecule has 0 aliphatic rings. The molecule has 0 atom stereocenters. The number of aliphatic hydroxyl groups excluding tert-OH is 6. The molecule has 6 N–H and O–H groups in total. The van der Waals surface area contributed by atoms with Gasteiger partial charge < -0.3 is 92.3 Å². The Balaban J connectivity index is -0.00000158. The largest absolute Gasteiger partial charge is 0.476 e. The fourth-order valence-corrected chi connectivity index (χ4v) is 64.5. The van der Waals surface area contributed by atoms with E-state index >= 15 is 0 Å². The van der Waals surface area contributed by atoms with Crippen molar-refractivity contribution in [2.75, 3.05) is 126 Å². The topological polar surface area (TPSA) is 251 Å². The van der Waals surface area contributed by atoms with Crippen molar-refractivity contribution in [3.8, 4) is 0 Å². The van der Waals surface area contributed by atoms with Gasteiger partial charge in [-0.3, -0.25) is 0 Å². The molecule has 0 aromatic rings. The van der Waals surface area contributed by atoms with Crippen molar-refractivity contribution >= 4 is 109 Å². The van der Waals surface area contributed by atoms with Gasteiger partial charge in [0.25, 0.3) is 0 Å². The van der Waals surface area contributed by atoms with Crippen LogP contribution in [0.3, 0.4) is 0 Å². The Morgan fingerprint density at radius 1 is 0.220 bits per heavy atom. The van der Waals surface area contributed by atoms with Gasteiger partial charge >= 0.3 is 25.9 Å². The average molecular weight is 1780 g/mol. The number of ether oxygens (including phenoxy) is 6. The highest BCUT2D eigenvalue weighted by molar-refractivity contribution is 6.89. The molecule has 0 saturated carbocycles. The lowest BCUT2D eigenvalue weighted by atomic mass is 9.92. The van der Waals surface area contributed by atoms with Crippen molar-refractivity contribution in [2.24, 2.45) is 16.2 Å². The van der Waals surface area contributed by atoms with E-state index in [1.807, 2.05) is 6.55 Å². The highest BCUT2D eigenvalue weighted by atomic mass is 28.5. The molecule has 109 heavy (non-hydrogen) atoms. The molecule has 0 heterocycles. The lowest BCUT2D eigenvalue weighted by Gasteiger charge is -2.38. The molecule has 0 unspecified atom stereocenters. The van der Waals surface area contributed by atoms with Crippen molar-refractivity contribution in [2.45, 2.75) is 349 Å². The van der Waals surface area contributed by atoms with E-state index in [1.165, 1.54) is 48.4 Å². The van der Waals surface area contributed by atoms with Gasteiger partial charge in [-0.05, 0) is 233 Å². The van der Waals surface area contributed by atoms with E-state index in [-0.39, 0.29) is 52.9 Å². The lowest BCUT2D eigenvalue weighted by Crippen LogP contribution is -2.54. The Morgan fingerprint density at radius 3 is 0.679 bits per heavy atom. The van der Waals surface area contributed by atoms with Crippen molar-refractivity contribution < 1.29 is 92.3 Å². The molecule has 660 valence electrons. The first-order valence-electron chi connectivity index (χ1n) is 42.6. The highest BCUT2D eigenvalue weighted by Crippen LogP contribution is 2.32. The molecule has 20 nitrogen and oxygen atoms in total. The van der Waals surface area contributed by atoms with E-state index in [0.29, 0.717) is 72.7 Å². The van der Waals surface area contributed by atoms with E-state index in [2.05, 4.69) is 205 Å². The second kappa shape index (κ2) is 55.8. The number of unbranched alkanes of at least 4 members (excludes halogenated alkanes) is 5. The smallest absolute Gasteiger partial charge is 0.456 e. The summed E-state index contributed by atoms with van der Waals surface area (Å²) in [4.78, 5) is 0. The van der Waals surface area contributed by atoms with Gasteiger partial charge in [0.15, 0.2) is 66.5 Å². The molecule has 0 rings (SSSR count). The Bertz CT molecular complexity index is 2080. The number of hydrogen-bond donors (Lipinski definition) is 6. The van der Waals surface area contributed by atoms with Crippen LogP contribution < -0.4 is 0 Å². The Kier molecular flexibility index (Phi) is 59.0. The molecule has 0 bridgehead atoms. The third-order valence-electron chi connectivity index (χ3n) is 19.6. The van der Waals surface area contributed by atoms with Crippen LogP contribution in [0.1, 0.15) is 112 Å². The SMILES string of the molecule is CC[Si](CC)(CC)CCCOCC(CO)(CO)COCCC[Si](C)(C)O[Si](C)(C)C.CC[Si](CC)(CC)CCCOCC(CO)(CO)COCCC[Si](C)(O[Si](C)(C)C)O[Si](C)(C)C.C[Si](C)(C)O[Si](C)(CCCCCCOCC(CO)(CO)COCCCCCO[Si](C)(O[Si](C)(C)C)O[Si](C)(C)C)O[Si](C)(C)C. The van der Waals surface area contributed by atoms with Gasteiger partial charge in [-0.1, -0.05) is 109 Å². The summed E-state index contributed by atoms with van der Waals surface area (Å²) in [5.74, 6) is 0. The Hall–Kier alpha value is 2.02. The molecular formula is C76H184O20Si13. The molecule has 0 spiro atoms. The number of hydrogen-bond acceptors (Lipinski definition) is 20. The molecule has 0 amide bonds. The standard InChI is InChI=1S/C30H74O9Si6.C24H58O6Si4.C22H52O5Si3/c1-40(2,3)36-44(13,37-41(4,5)6)25-21-16-15-18-22-33-28-30(26-31,27-32)29-34-23-19-17-20-24-35-45(14,38-42(7,8)9)39-43(10,11)12;1-11-34(12-2,13-3)19-15-17-28-23-24(20-25,21-26)22-27-16-14-18-33(10,29-31(4,5)6)30-32(7,8)9;1-9-30(10-2,11-3)17-13-15-26-21-22(18-23,19-24)20-25-14-12-16-29(7,8)27-28(4,5)6/h31-32H,15-29H2,1-14H3;25-26H,11-23H2,1-10H3;23-24H,9-21H2,1-8H3. The van der Waals surface area contributed by atoms with Crippen LogP contribution in [0.5, 0.6) is 0 Å². The van der Waals surface area contributed by atoms with Crippen LogP contribution in [-0.4, -0.2) is 265 Å². The van der Waals surface area contributed by atoms with Crippen LogP contribution in [0.4, 0.5) is 0 Å². The van der Waals surface area contributed by atoms with Gasteiger partial charge in [-0.15, -0.1) is 0 Å². The van der Waals surface area contributed by atoms with Gasteiger partial charge in [0.05, 0.1) is 112 Å². The molecule has 0 saturated heterocycles. The van der Waals surface area contributed by atoms with Gasteiger partial charge in [0.2, 0.25) is 0 Å². The fraction of sp³-hybridized carbons (Fsp3) is 1.00. The van der Waals surface area contributed by atoms with Gasteiger partial charge in [-0.25, -0.2) is 0 Å². The maximum absolute atomic E-state index is 10.0. The highest BCUT2D eigenvalue weighted by Gasteiger charge is 2.45. The maximum atomic E-state index is 10.0. The van der Waals surface area contributed by atoms with Crippen LogP contribution in [0, 0.1) is 16.2 Å². The Morgan fingerprint density at radius 2 is 0.431 bits per heavy atom. The second-order valence-corrected chi connectivity index (χ2v) is 97.9. The molecular weight excluding hydrogens is 1600 g/mol. The predicted molar refractivity (Wildman–Crippen MR) is 493 cm³/mol. The van der Waals surface area contributed by atoms with E-state index < -0.39 is 125 Å². The summed E-state index contributed by atoms with van der Waals surface area (Å²) in [6, 6.07) is 13.6. The predicted octanol–water partition coefficient (Wildman–Crippen LogP) is 19.2. The molecule has 0 aromatic heterocycles. The number of rotatable bonds is 68. The van der Waals surface area contributed by atoms with E-state index in [0.717, 1.165) is 88.8 Å². The van der Waals surface area contributed by atoms with Crippen molar-refractivity contribution in [1.82, 2.24) is 0 Å². The third-order valence-corrected chi connectivity index (χ3v) is 65.4. The second-order valence-electron chi connectivity index (χ2n) is 39.8. The first-order chi connectivity index (χ1) is 49.9. The van der Waals surface area contributed by atoms with E-state index in [9.17, 15) is 30.6 Å². The molecule has 0 aliphatic heterocycles. The molecule has 0 aliphatic carbocycles. The number of aliphatic hydroxyl groups is 6. The monoisotopic (exact) mass is 1780 g/mol. The van der Waals surface area contributed by atoms with Crippen LogP contribution in [0.15, 0.2) is 0 Å². The van der Waals surface area contributed by atoms with E-state index in [1.54, 1.807) is 0 Å². The summed E-state index contributed by atoms with van der Waals surface area (Å²) in [6.45, 7) is 76.9. The zero-order valence-electron chi connectivity index (χ0n) is 77.4. The van der Waals surface area contributed by atoms with Crippen molar-refractivity contribution in [3.05, 3.63) is 0 Å². The van der Waals surface area contributed by atoms with E-state index in [4.69, 9.17) is 61.7 Å². The van der Waals surface area contributed by atoms with Gasteiger partial charge in [0.1, 0.15) is 0 Å². The zero-order chi connectivity index (χ0) is 84.9. The minimum absolute atomic E-state index is 0.125. The Labute approximate surface area is 686 Å². The normalized spacial score (nSPS) is 14.1. The zero-order valence-corrected chi connectivity index (χ0v) is 90.4. The first-order valence-corrected chi connectivity index (χ1v) is 82.5. The van der Waals surface area contributed by atoms with Crippen LogP contribution in [0.2, 0.25) is 237 Å². The summed E-state index contributed by atoms with van der Waals surface area (Å²) < 4.78 is 87.1. The minimum Gasteiger partial charge on any atom is -0.456 e. The van der Waals surface area contributed by atoms with Crippen molar-refractivity contribution in [3.63, 3.8) is 0 Å². The van der Waals surface area contributed by atoms with Crippen LogP contribution >= 0.6 is 0 Å². The molecule has 33 heteroatoms. The maximum Gasteiger partial charge on any atom is 0.476 e. The van der Waals surface area contributed by atoms with Crippen molar-refractivity contribution in [1.29, 1.82) is 0 Å². The molecule has 0 aromatic carbocycles. The molecule has 0 fully saturated rings.